The summed E-state index contributed by atoms with van der Waals surface area (Å²) in [5, 5.41) is 14.8. The number of aromatic nitrogens is 4. The fourth-order valence-electron chi connectivity index (χ4n) is 3.52. The van der Waals surface area contributed by atoms with E-state index in [0.29, 0.717) is 35.7 Å². The molecule has 3 N–H and O–H groups in total. The number of likely N-dealkylation sites (tertiary alicyclic amines) is 1. The van der Waals surface area contributed by atoms with Gasteiger partial charge in [0, 0.05) is 43.9 Å². The van der Waals surface area contributed by atoms with Gasteiger partial charge in [-0.2, -0.15) is 5.10 Å². The van der Waals surface area contributed by atoms with Crippen molar-refractivity contribution in [3.63, 3.8) is 0 Å². The smallest absolute Gasteiger partial charge is 0.267 e. The van der Waals surface area contributed by atoms with E-state index in [9.17, 15) is 14.7 Å². The molecule has 1 aromatic carbocycles. The lowest BCUT2D eigenvalue weighted by Crippen LogP contribution is -2.37. The Labute approximate surface area is 184 Å². The first-order valence-electron chi connectivity index (χ1n) is 10.1. The van der Waals surface area contributed by atoms with Crippen LogP contribution in [0.4, 0.5) is 0 Å². The molecule has 0 aliphatic carbocycles. The van der Waals surface area contributed by atoms with E-state index in [1.807, 2.05) is 6.92 Å². The van der Waals surface area contributed by atoms with E-state index in [4.69, 9.17) is 5.73 Å². The van der Waals surface area contributed by atoms with Gasteiger partial charge >= 0.3 is 0 Å². The summed E-state index contributed by atoms with van der Waals surface area (Å²) in [6.07, 6.45) is 1.92. The Morgan fingerprint density at radius 2 is 2.09 bits per heavy atom. The molecule has 4 rings (SSSR count). The van der Waals surface area contributed by atoms with Crippen LogP contribution in [0.2, 0.25) is 0 Å². The number of aryl methyl sites for hydroxylation is 1. The first-order valence-corrected chi connectivity index (χ1v) is 10.1. The summed E-state index contributed by atoms with van der Waals surface area (Å²) in [5.74, 6) is 4.81. The van der Waals surface area contributed by atoms with Crippen molar-refractivity contribution in [3.05, 3.63) is 53.9 Å². The van der Waals surface area contributed by atoms with Crippen LogP contribution in [0.25, 0.3) is 22.8 Å². The molecule has 1 fully saturated rings. The summed E-state index contributed by atoms with van der Waals surface area (Å²) in [4.78, 5) is 34.4. The van der Waals surface area contributed by atoms with E-state index in [1.165, 1.54) is 11.0 Å². The normalized spacial score (nSPS) is 17.8. The van der Waals surface area contributed by atoms with E-state index in [2.05, 4.69) is 26.9 Å². The Balaban J connectivity index is 1.74. The monoisotopic (exact) mass is 430 g/mol. The number of nitrogens with two attached hydrogens (primary N) is 1. The lowest BCUT2D eigenvalue weighted by atomic mass is 10.0. The Morgan fingerprint density at radius 3 is 2.78 bits per heavy atom. The van der Waals surface area contributed by atoms with Crippen LogP contribution in [0, 0.1) is 11.8 Å². The Morgan fingerprint density at radius 1 is 1.28 bits per heavy atom. The second kappa shape index (κ2) is 8.24. The van der Waals surface area contributed by atoms with Crippen molar-refractivity contribution in [3.8, 4) is 34.6 Å². The quantitative estimate of drug-likeness (QED) is 0.596. The molecular formula is C23H22N6O3. The van der Waals surface area contributed by atoms with Gasteiger partial charge in [0.05, 0.1) is 11.4 Å². The van der Waals surface area contributed by atoms with Crippen molar-refractivity contribution < 1.29 is 14.7 Å². The molecule has 2 aromatic heterocycles. The van der Waals surface area contributed by atoms with Gasteiger partial charge in [-0.05, 0) is 31.2 Å². The maximum absolute atomic E-state index is 12.1. The molecule has 0 saturated carbocycles. The summed E-state index contributed by atoms with van der Waals surface area (Å²) < 4.78 is 1.76. The maximum atomic E-state index is 12.1. The molecule has 0 spiro atoms. The first-order chi connectivity index (χ1) is 15.3. The van der Waals surface area contributed by atoms with E-state index in [1.54, 1.807) is 48.3 Å². The third kappa shape index (κ3) is 3.96. The first kappa shape index (κ1) is 21.2. The average molecular weight is 430 g/mol. The average Bonchev–Trinajstić information content (AvgIpc) is 3.38. The number of amides is 2. The van der Waals surface area contributed by atoms with E-state index in [0.717, 1.165) is 5.69 Å². The second-order valence-electron chi connectivity index (χ2n) is 7.53. The highest BCUT2D eigenvalue weighted by Crippen LogP contribution is 2.24. The van der Waals surface area contributed by atoms with Gasteiger partial charge in [-0.3, -0.25) is 14.3 Å². The van der Waals surface area contributed by atoms with Crippen LogP contribution >= 0.6 is 0 Å². The van der Waals surface area contributed by atoms with Crippen molar-refractivity contribution in [1.29, 1.82) is 0 Å². The molecule has 0 bridgehead atoms. The summed E-state index contributed by atoms with van der Waals surface area (Å²) in [7, 11) is 1.63. The van der Waals surface area contributed by atoms with Crippen LogP contribution in [0.1, 0.15) is 29.4 Å². The van der Waals surface area contributed by atoms with Crippen molar-refractivity contribution in [2.75, 3.05) is 13.6 Å². The molecule has 9 heteroatoms. The minimum absolute atomic E-state index is 0.0826. The third-order valence-electron chi connectivity index (χ3n) is 5.30. The highest BCUT2D eigenvalue weighted by molar-refractivity contribution is 5.92. The second-order valence-corrected chi connectivity index (χ2v) is 7.53. The zero-order chi connectivity index (χ0) is 22.9. The number of primary amides is 1. The summed E-state index contributed by atoms with van der Waals surface area (Å²) in [5.41, 5.74) is 6.35. The number of carbonyl (C=O) groups excluding carboxylic acids is 2. The van der Waals surface area contributed by atoms with E-state index < -0.39 is 17.4 Å². The standard InChI is InChI=1S/C23H22N6O3/c1-3-29-19(8-11-25-29)17-14-18(20(24)30)27-21(26-17)16-6-4-5-15(13-16)7-9-23(32)10-12-28(2)22(23)31/h4-6,8,11,13-14,32H,3,10,12H2,1-2H3,(H2,24,30)/t23-/m0/s1. The molecule has 162 valence electrons. The lowest BCUT2D eigenvalue weighted by molar-refractivity contribution is -0.137. The van der Waals surface area contributed by atoms with Crippen molar-refractivity contribution in [2.24, 2.45) is 5.73 Å². The molecule has 9 nitrogen and oxygen atoms in total. The minimum Gasteiger partial charge on any atom is -0.369 e. The van der Waals surface area contributed by atoms with Crippen molar-refractivity contribution >= 4 is 11.8 Å². The summed E-state index contributed by atoms with van der Waals surface area (Å²) in [6.45, 7) is 3.04. The molecule has 0 radical (unpaired) electrons. The largest absolute Gasteiger partial charge is 0.369 e. The molecule has 1 atom stereocenters. The molecule has 0 unspecified atom stereocenters. The fourth-order valence-corrected chi connectivity index (χ4v) is 3.52. The van der Waals surface area contributed by atoms with Gasteiger partial charge in [0.1, 0.15) is 5.69 Å². The van der Waals surface area contributed by atoms with Crippen LogP contribution in [0.15, 0.2) is 42.6 Å². The molecule has 1 saturated heterocycles. The zero-order valence-electron chi connectivity index (χ0n) is 17.7. The predicted molar refractivity (Wildman–Crippen MR) is 117 cm³/mol. The Kier molecular flexibility index (Phi) is 5.47. The molecule has 1 aliphatic rings. The Hall–Kier alpha value is -4.03. The van der Waals surface area contributed by atoms with Gasteiger partial charge < -0.3 is 15.7 Å². The molecule has 32 heavy (non-hydrogen) atoms. The van der Waals surface area contributed by atoms with Gasteiger partial charge in [-0.15, -0.1) is 0 Å². The highest BCUT2D eigenvalue weighted by Gasteiger charge is 2.42. The van der Waals surface area contributed by atoms with Gasteiger partial charge in [-0.25, -0.2) is 9.97 Å². The van der Waals surface area contributed by atoms with Crippen molar-refractivity contribution in [2.45, 2.75) is 25.5 Å². The van der Waals surface area contributed by atoms with Crippen LogP contribution in [0.3, 0.4) is 0 Å². The van der Waals surface area contributed by atoms with Crippen LogP contribution in [-0.2, 0) is 11.3 Å². The number of nitrogens with zero attached hydrogens (tertiary/aromatic N) is 5. The fraction of sp³-hybridized carbons (Fsp3) is 0.261. The SMILES string of the molecule is CCn1nccc1-c1cc(C(N)=O)nc(-c2cccc(C#C[C@]3(O)CCN(C)C3=O)c2)n1. The van der Waals surface area contributed by atoms with E-state index >= 15 is 0 Å². The number of aliphatic hydroxyl groups is 1. The van der Waals surface area contributed by atoms with Crippen molar-refractivity contribution in [1.82, 2.24) is 24.6 Å². The number of rotatable bonds is 4. The summed E-state index contributed by atoms with van der Waals surface area (Å²) in [6, 6.07) is 10.4. The minimum atomic E-state index is -1.68. The zero-order valence-corrected chi connectivity index (χ0v) is 17.7. The van der Waals surface area contributed by atoms with Gasteiger partial charge in [-0.1, -0.05) is 24.0 Å². The van der Waals surface area contributed by atoms with Gasteiger partial charge in [0.2, 0.25) is 5.60 Å². The molecule has 3 aromatic rings. The number of hydrogen-bond donors (Lipinski definition) is 2. The highest BCUT2D eigenvalue weighted by atomic mass is 16.3. The Bertz CT molecular complexity index is 1270. The van der Waals surface area contributed by atoms with Crippen LogP contribution < -0.4 is 5.73 Å². The number of likely N-dealkylation sites (N-methyl/N-ethyl adjacent to an activating group) is 1. The molecule has 2 amide bonds. The molecule has 3 heterocycles. The summed E-state index contributed by atoms with van der Waals surface area (Å²) >= 11 is 0. The number of carbonyl (C=O) groups is 2. The number of hydrogen-bond acceptors (Lipinski definition) is 6. The van der Waals surface area contributed by atoms with Crippen LogP contribution in [0.5, 0.6) is 0 Å². The third-order valence-corrected chi connectivity index (χ3v) is 5.30. The van der Waals surface area contributed by atoms with E-state index in [-0.39, 0.29) is 12.1 Å². The van der Waals surface area contributed by atoms with Gasteiger partial charge in [0.15, 0.2) is 5.82 Å². The van der Waals surface area contributed by atoms with Crippen LogP contribution in [-0.4, -0.2) is 60.8 Å². The maximum Gasteiger partial charge on any atom is 0.267 e. The van der Waals surface area contributed by atoms with Gasteiger partial charge in [0.25, 0.3) is 11.8 Å². The predicted octanol–water partition coefficient (Wildman–Crippen LogP) is 1.07. The topological polar surface area (TPSA) is 127 Å². The molecular weight excluding hydrogens is 408 g/mol. The lowest BCUT2D eigenvalue weighted by Gasteiger charge is -2.13. The molecule has 1 aliphatic heterocycles. The number of benzene rings is 1.